The molecular weight excluding hydrogens is 474 g/mol. The van der Waals surface area contributed by atoms with Crippen LogP contribution in [-0.4, -0.2) is 77.8 Å². The van der Waals surface area contributed by atoms with E-state index < -0.39 is 18.2 Å². The predicted octanol–water partition coefficient (Wildman–Crippen LogP) is 3.60. The van der Waals surface area contributed by atoms with Crippen LogP contribution in [0, 0.1) is 5.92 Å². The second kappa shape index (κ2) is 12.4. The molecule has 0 saturated heterocycles. The molecule has 1 aliphatic heterocycles. The molecule has 37 heavy (non-hydrogen) atoms. The highest BCUT2D eigenvalue weighted by molar-refractivity contribution is 6.02. The third-order valence-corrected chi connectivity index (χ3v) is 6.17. The number of hydrogen-bond donors (Lipinski definition) is 4. The summed E-state index contributed by atoms with van der Waals surface area (Å²) in [5.41, 5.74) is 1.32. The lowest BCUT2D eigenvalue weighted by Crippen LogP contribution is -2.51. The Morgan fingerprint density at radius 1 is 1.11 bits per heavy atom. The topological polar surface area (TPSA) is 123 Å². The number of amides is 5. The molecule has 1 aliphatic rings. The van der Waals surface area contributed by atoms with E-state index in [1.807, 2.05) is 39.0 Å². The van der Waals surface area contributed by atoms with Gasteiger partial charge in [0.1, 0.15) is 11.9 Å². The first-order chi connectivity index (χ1) is 17.6. The van der Waals surface area contributed by atoms with Crippen molar-refractivity contribution in [1.29, 1.82) is 0 Å². The standard InChI is InChI=1S/C27H37N5O5/c1-17(2)28-27(36)31(5)15-24-18(3)14-32(19(4)16-33)25(34)22-13-21(11-12-23(22)37-24)30-26(35)29-20-9-7-6-8-10-20/h6-13,17-19,24,33H,14-16H2,1-5H3,(H,28,36)(H2,29,30,35)/t18-,19-,24-/m0/s1. The van der Waals surface area contributed by atoms with Gasteiger partial charge in [0.05, 0.1) is 24.8 Å². The summed E-state index contributed by atoms with van der Waals surface area (Å²) in [6, 6.07) is 12.8. The first-order valence-corrected chi connectivity index (χ1v) is 12.5. The summed E-state index contributed by atoms with van der Waals surface area (Å²) in [6.45, 7) is 7.94. The number of anilines is 2. The lowest BCUT2D eigenvalue weighted by atomic mass is 9.99. The molecule has 0 radical (unpaired) electrons. The Labute approximate surface area is 218 Å². The number of aliphatic hydroxyl groups excluding tert-OH is 1. The number of rotatable bonds is 7. The largest absolute Gasteiger partial charge is 0.487 e. The van der Waals surface area contributed by atoms with E-state index in [1.165, 1.54) is 0 Å². The SMILES string of the molecule is CC(C)NC(=O)N(C)C[C@@H]1Oc2ccc(NC(=O)Nc3ccccc3)cc2C(=O)N([C@@H](C)CO)C[C@@H]1C. The van der Waals surface area contributed by atoms with Gasteiger partial charge in [-0.05, 0) is 51.1 Å². The van der Waals surface area contributed by atoms with Gasteiger partial charge in [0, 0.05) is 36.9 Å². The number of likely N-dealkylation sites (N-methyl/N-ethyl adjacent to an activating group) is 1. The van der Waals surface area contributed by atoms with Crippen LogP contribution in [0.4, 0.5) is 21.0 Å². The number of para-hydroxylation sites is 1. The van der Waals surface area contributed by atoms with E-state index in [2.05, 4.69) is 16.0 Å². The van der Waals surface area contributed by atoms with Crippen molar-refractivity contribution in [3.05, 3.63) is 54.1 Å². The highest BCUT2D eigenvalue weighted by atomic mass is 16.5. The maximum Gasteiger partial charge on any atom is 0.323 e. The number of nitrogens with one attached hydrogen (secondary N) is 3. The van der Waals surface area contributed by atoms with Crippen LogP contribution in [0.3, 0.4) is 0 Å². The highest BCUT2D eigenvalue weighted by Gasteiger charge is 2.34. The zero-order valence-electron chi connectivity index (χ0n) is 22.0. The number of fused-ring (bicyclic) bond motifs is 1. The van der Waals surface area contributed by atoms with Crippen LogP contribution < -0.4 is 20.7 Å². The molecule has 5 amide bonds. The lowest BCUT2D eigenvalue weighted by Gasteiger charge is -2.38. The molecule has 10 nitrogen and oxygen atoms in total. The number of carbonyl (C=O) groups excluding carboxylic acids is 3. The van der Waals surface area contributed by atoms with E-state index in [1.54, 1.807) is 54.1 Å². The molecule has 10 heteroatoms. The number of hydrogen-bond acceptors (Lipinski definition) is 5. The number of aliphatic hydroxyl groups is 1. The van der Waals surface area contributed by atoms with Crippen molar-refractivity contribution >= 4 is 29.3 Å². The third kappa shape index (κ3) is 7.36. The molecule has 0 spiro atoms. The van der Waals surface area contributed by atoms with Gasteiger partial charge in [-0.1, -0.05) is 25.1 Å². The molecule has 0 bridgehead atoms. The summed E-state index contributed by atoms with van der Waals surface area (Å²) in [5.74, 6) is -0.0851. The number of carbonyl (C=O) groups is 3. The molecular formula is C27H37N5O5. The predicted molar refractivity (Wildman–Crippen MR) is 143 cm³/mol. The zero-order chi connectivity index (χ0) is 27.1. The minimum atomic E-state index is -0.449. The molecule has 2 aromatic rings. The lowest BCUT2D eigenvalue weighted by molar-refractivity contribution is 0.0366. The zero-order valence-corrected chi connectivity index (χ0v) is 22.0. The van der Waals surface area contributed by atoms with E-state index in [9.17, 15) is 19.5 Å². The fraction of sp³-hybridized carbons (Fsp3) is 0.444. The highest BCUT2D eigenvalue weighted by Crippen LogP contribution is 2.30. The normalized spacial score (nSPS) is 18.1. The minimum absolute atomic E-state index is 0.00474. The van der Waals surface area contributed by atoms with E-state index in [4.69, 9.17) is 4.74 Å². The van der Waals surface area contributed by atoms with Crippen molar-refractivity contribution in [2.24, 2.45) is 5.92 Å². The van der Waals surface area contributed by atoms with Crippen molar-refractivity contribution < 1.29 is 24.2 Å². The van der Waals surface area contributed by atoms with Crippen LogP contribution in [0.5, 0.6) is 5.75 Å². The van der Waals surface area contributed by atoms with Gasteiger partial charge in [-0.3, -0.25) is 4.79 Å². The number of ether oxygens (including phenoxy) is 1. The van der Waals surface area contributed by atoms with Crippen LogP contribution in [-0.2, 0) is 0 Å². The Morgan fingerprint density at radius 3 is 2.43 bits per heavy atom. The summed E-state index contributed by atoms with van der Waals surface area (Å²) in [6.07, 6.45) is -0.414. The Kier molecular flexibility index (Phi) is 9.35. The van der Waals surface area contributed by atoms with Crippen molar-refractivity contribution in [2.45, 2.75) is 45.9 Å². The molecule has 0 aromatic heterocycles. The molecule has 4 N–H and O–H groups in total. The number of nitrogens with zero attached hydrogens (tertiary/aromatic N) is 2. The maximum absolute atomic E-state index is 13.6. The Bertz CT molecular complexity index is 1090. The Morgan fingerprint density at radius 2 is 1.78 bits per heavy atom. The van der Waals surface area contributed by atoms with Crippen LogP contribution in [0.1, 0.15) is 38.1 Å². The van der Waals surface area contributed by atoms with E-state index in [-0.39, 0.29) is 36.1 Å². The maximum atomic E-state index is 13.6. The Hall–Kier alpha value is -3.79. The molecule has 1 heterocycles. The quantitative estimate of drug-likeness (QED) is 0.452. The monoisotopic (exact) mass is 511 g/mol. The molecule has 0 saturated carbocycles. The van der Waals surface area contributed by atoms with Gasteiger partial charge in [-0.25, -0.2) is 9.59 Å². The Balaban J connectivity index is 1.87. The van der Waals surface area contributed by atoms with Crippen molar-refractivity contribution in [3.8, 4) is 5.75 Å². The van der Waals surface area contributed by atoms with Crippen LogP contribution in [0.15, 0.2) is 48.5 Å². The fourth-order valence-electron chi connectivity index (χ4n) is 4.04. The first-order valence-electron chi connectivity index (χ1n) is 12.5. The smallest absolute Gasteiger partial charge is 0.323 e. The molecule has 2 aromatic carbocycles. The van der Waals surface area contributed by atoms with E-state index in [0.717, 1.165) is 0 Å². The van der Waals surface area contributed by atoms with Gasteiger partial charge in [0.2, 0.25) is 0 Å². The number of urea groups is 2. The van der Waals surface area contributed by atoms with Gasteiger partial charge >= 0.3 is 12.1 Å². The van der Waals surface area contributed by atoms with E-state index >= 15 is 0 Å². The summed E-state index contributed by atoms with van der Waals surface area (Å²) in [4.78, 5) is 41.7. The summed E-state index contributed by atoms with van der Waals surface area (Å²) < 4.78 is 6.30. The molecule has 200 valence electrons. The van der Waals surface area contributed by atoms with Gasteiger partial charge in [-0.2, -0.15) is 0 Å². The molecule has 3 atom stereocenters. The van der Waals surface area contributed by atoms with Crippen molar-refractivity contribution in [3.63, 3.8) is 0 Å². The van der Waals surface area contributed by atoms with Gasteiger partial charge in [0.15, 0.2) is 0 Å². The van der Waals surface area contributed by atoms with Crippen LogP contribution in [0.25, 0.3) is 0 Å². The summed E-state index contributed by atoms with van der Waals surface area (Å²) >= 11 is 0. The van der Waals surface area contributed by atoms with Gasteiger partial charge < -0.3 is 35.6 Å². The van der Waals surface area contributed by atoms with Crippen molar-refractivity contribution in [1.82, 2.24) is 15.1 Å². The first kappa shape index (κ1) is 27.8. The van der Waals surface area contributed by atoms with Crippen LogP contribution >= 0.6 is 0 Å². The van der Waals surface area contributed by atoms with Crippen LogP contribution in [0.2, 0.25) is 0 Å². The van der Waals surface area contributed by atoms with Gasteiger partial charge in [0.25, 0.3) is 5.91 Å². The average molecular weight is 512 g/mol. The molecule has 3 rings (SSSR count). The molecule has 0 unspecified atom stereocenters. The van der Waals surface area contributed by atoms with Gasteiger partial charge in [-0.15, -0.1) is 0 Å². The average Bonchev–Trinajstić information content (AvgIpc) is 2.86. The number of benzene rings is 2. The second-order valence-electron chi connectivity index (χ2n) is 9.76. The molecule has 0 fully saturated rings. The molecule has 0 aliphatic carbocycles. The second-order valence-corrected chi connectivity index (χ2v) is 9.76. The van der Waals surface area contributed by atoms with Crippen molar-refractivity contribution in [2.75, 3.05) is 37.4 Å². The third-order valence-electron chi connectivity index (χ3n) is 6.17. The van der Waals surface area contributed by atoms with E-state index in [0.29, 0.717) is 30.2 Å². The summed E-state index contributed by atoms with van der Waals surface area (Å²) in [5, 5.41) is 18.2. The fourth-order valence-corrected chi connectivity index (χ4v) is 4.04. The summed E-state index contributed by atoms with van der Waals surface area (Å²) in [7, 11) is 1.70. The minimum Gasteiger partial charge on any atom is -0.487 e.